The van der Waals surface area contributed by atoms with Crippen LogP contribution in [-0.2, 0) is 16.1 Å². The first-order valence-corrected chi connectivity index (χ1v) is 12.3. The summed E-state index contributed by atoms with van der Waals surface area (Å²) < 4.78 is 5.95. The Morgan fingerprint density at radius 3 is 2.50 bits per heavy atom. The second-order valence-electron chi connectivity index (χ2n) is 8.10. The van der Waals surface area contributed by atoms with E-state index in [0.717, 1.165) is 29.2 Å². The number of carbonyl (C=O) groups excluding carboxylic acids is 2. The van der Waals surface area contributed by atoms with Gasteiger partial charge >= 0.3 is 0 Å². The van der Waals surface area contributed by atoms with Crippen molar-refractivity contribution in [2.45, 2.75) is 45.7 Å². The highest BCUT2D eigenvalue weighted by Gasteiger charge is 2.29. The van der Waals surface area contributed by atoms with E-state index in [-0.39, 0.29) is 25.0 Å². The third kappa shape index (κ3) is 6.64. The molecule has 1 N–H and O–H groups in total. The maximum absolute atomic E-state index is 13.4. The highest BCUT2D eigenvalue weighted by molar-refractivity contribution is 6.42. The average Bonchev–Trinajstić information content (AvgIpc) is 2.84. The molecule has 3 rings (SSSR count). The van der Waals surface area contributed by atoms with Gasteiger partial charge in [-0.1, -0.05) is 85.9 Å². The lowest BCUT2D eigenvalue weighted by Crippen LogP contribution is -2.50. The number of hydrogen-bond acceptors (Lipinski definition) is 3. The molecule has 180 valence electrons. The van der Waals surface area contributed by atoms with Crippen LogP contribution in [0.4, 0.5) is 0 Å². The van der Waals surface area contributed by atoms with Crippen molar-refractivity contribution in [2.24, 2.45) is 0 Å². The van der Waals surface area contributed by atoms with Crippen LogP contribution < -0.4 is 10.1 Å². The van der Waals surface area contributed by atoms with Crippen LogP contribution in [0.3, 0.4) is 0 Å². The summed E-state index contributed by atoms with van der Waals surface area (Å²) in [7, 11) is 0. The Kier molecular flexibility index (Phi) is 9.61. The van der Waals surface area contributed by atoms with Crippen molar-refractivity contribution in [1.82, 2.24) is 10.2 Å². The number of hydrogen-bond donors (Lipinski definition) is 1. The number of nitrogens with zero attached hydrogens (tertiary/aromatic N) is 1. The van der Waals surface area contributed by atoms with Crippen LogP contribution in [0.5, 0.6) is 5.75 Å². The van der Waals surface area contributed by atoms with Gasteiger partial charge in [0.2, 0.25) is 5.91 Å². The number of nitrogens with one attached hydrogen (secondary N) is 1. The third-order valence-corrected chi connectivity index (χ3v) is 6.39. The van der Waals surface area contributed by atoms with Crippen molar-refractivity contribution in [3.05, 3.63) is 76.3 Å². The minimum absolute atomic E-state index is 0.172. The minimum Gasteiger partial charge on any atom is -0.483 e. The first kappa shape index (κ1) is 25.9. The molecule has 0 aliphatic carbocycles. The quantitative estimate of drug-likeness (QED) is 0.316. The van der Waals surface area contributed by atoms with Crippen LogP contribution in [0.1, 0.15) is 38.7 Å². The molecule has 1 atom stereocenters. The number of benzene rings is 3. The van der Waals surface area contributed by atoms with Gasteiger partial charge in [-0.3, -0.25) is 9.59 Å². The first-order chi connectivity index (χ1) is 16.4. The molecule has 5 nitrogen and oxygen atoms in total. The van der Waals surface area contributed by atoms with Crippen LogP contribution >= 0.6 is 23.2 Å². The molecule has 34 heavy (non-hydrogen) atoms. The van der Waals surface area contributed by atoms with Gasteiger partial charge in [-0.05, 0) is 42.0 Å². The number of carbonyl (C=O) groups is 2. The standard InChI is InChI=1S/C27H30Cl2N2O3/c1-3-5-15-30-27(33)24(4-2)31(17-19-13-14-22(28)23(29)16-19)26(32)18-34-25-12-8-10-20-9-6-7-11-21(20)25/h6-14,16,24H,3-5,15,17-18H2,1-2H3,(H,30,33). The van der Waals surface area contributed by atoms with Crippen molar-refractivity contribution < 1.29 is 14.3 Å². The van der Waals surface area contributed by atoms with Gasteiger partial charge in [0.25, 0.3) is 5.91 Å². The second kappa shape index (κ2) is 12.6. The second-order valence-corrected chi connectivity index (χ2v) is 8.92. The van der Waals surface area contributed by atoms with Crippen molar-refractivity contribution in [2.75, 3.05) is 13.2 Å². The SMILES string of the molecule is CCCCNC(=O)C(CC)N(Cc1ccc(Cl)c(Cl)c1)C(=O)COc1cccc2ccccc12. The summed E-state index contributed by atoms with van der Waals surface area (Å²) in [5, 5.41) is 5.75. The molecule has 0 saturated heterocycles. The predicted molar refractivity (Wildman–Crippen MR) is 138 cm³/mol. The average molecular weight is 501 g/mol. The number of ether oxygens (including phenoxy) is 1. The lowest BCUT2D eigenvalue weighted by Gasteiger charge is -2.30. The Morgan fingerprint density at radius 2 is 1.76 bits per heavy atom. The molecule has 0 saturated carbocycles. The summed E-state index contributed by atoms with van der Waals surface area (Å²) in [4.78, 5) is 27.9. The first-order valence-electron chi connectivity index (χ1n) is 11.6. The predicted octanol–water partition coefficient (Wildman–Crippen LogP) is 6.25. The molecule has 3 aromatic rings. The van der Waals surface area contributed by atoms with Crippen molar-refractivity contribution >= 4 is 45.8 Å². The Hall–Kier alpha value is -2.76. The fourth-order valence-corrected chi connectivity index (χ4v) is 4.13. The number of fused-ring (bicyclic) bond motifs is 1. The van der Waals surface area contributed by atoms with E-state index in [1.54, 1.807) is 17.0 Å². The maximum atomic E-state index is 13.4. The smallest absolute Gasteiger partial charge is 0.261 e. The van der Waals surface area contributed by atoms with Gasteiger partial charge in [0, 0.05) is 18.5 Å². The molecule has 0 heterocycles. The minimum atomic E-state index is -0.630. The van der Waals surface area contributed by atoms with E-state index >= 15 is 0 Å². The zero-order valence-corrected chi connectivity index (χ0v) is 21.0. The van der Waals surface area contributed by atoms with E-state index in [2.05, 4.69) is 12.2 Å². The molecule has 1 unspecified atom stereocenters. The Morgan fingerprint density at radius 1 is 1.00 bits per heavy atom. The normalized spacial score (nSPS) is 11.8. The van der Waals surface area contributed by atoms with Gasteiger partial charge in [0.1, 0.15) is 11.8 Å². The van der Waals surface area contributed by atoms with Gasteiger partial charge < -0.3 is 15.0 Å². The molecular formula is C27H30Cl2N2O3. The van der Waals surface area contributed by atoms with Gasteiger partial charge in [-0.2, -0.15) is 0 Å². The fraction of sp³-hybridized carbons (Fsp3) is 0.333. The molecule has 0 aliphatic heterocycles. The number of amides is 2. The highest BCUT2D eigenvalue weighted by Crippen LogP contribution is 2.26. The Labute approximate surface area is 211 Å². The van der Waals surface area contributed by atoms with Crippen LogP contribution in [0.2, 0.25) is 10.0 Å². The van der Waals surface area contributed by atoms with E-state index in [9.17, 15) is 9.59 Å². The van der Waals surface area contributed by atoms with E-state index in [0.29, 0.717) is 28.8 Å². The molecule has 3 aromatic carbocycles. The summed E-state index contributed by atoms with van der Waals surface area (Å²) >= 11 is 12.3. The van der Waals surface area contributed by atoms with E-state index in [4.69, 9.17) is 27.9 Å². The van der Waals surface area contributed by atoms with E-state index in [1.807, 2.05) is 55.5 Å². The Balaban J connectivity index is 1.82. The van der Waals surface area contributed by atoms with Gasteiger partial charge in [0.05, 0.1) is 10.0 Å². The molecule has 0 aromatic heterocycles. The molecule has 0 bridgehead atoms. The Bertz CT molecular complexity index is 1130. The summed E-state index contributed by atoms with van der Waals surface area (Å²) in [6.45, 7) is 4.56. The molecule has 0 radical (unpaired) electrons. The fourth-order valence-electron chi connectivity index (χ4n) is 3.80. The summed E-state index contributed by atoms with van der Waals surface area (Å²) in [5.41, 5.74) is 0.785. The van der Waals surface area contributed by atoms with E-state index in [1.165, 1.54) is 0 Å². The van der Waals surface area contributed by atoms with Gasteiger partial charge in [-0.15, -0.1) is 0 Å². The summed E-state index contributed by atoms with van der Waals surface area (Å²) in [6, 6.07) is 18.2. The number of rotatable bonds is 11. The van der Waals surface area contributed by atoms with Crippen LogP contribution in [0, 0.1) is 0 Å². The molecule has 0 spiro atoms. The zero-order valence-electron chi connectivity index (χ0n) is 19.5. The molecular weight excluding hydrogens is 471 g/mol. The van der Waals surface area contributed by atoms with E-state index < -0.39 is 6.04 Å². The third-order valence-electron chi connectivity index (χ3n) is 5.65. The molecule has 0 aliphatic rings. The van der Waals surface area contributed by atoms with Crippen molar-refractivity contribution in [3.8, 4) is 5.75 Å². The maximum Gasteiger partial charge on any atom is 0.261 e. The number of halogens is 2. The lowest BCUT2D eigenvalue weighted by molar-refractivity contribution is -0.142. The molecule has 7 heteroatoms. The molecule has 0 fully saturated rings. The topological polar surface area (TPSA) is 58.6 Å². The molecule has 2 amide bonds. The summed E-state index contributed by atoms with van der Waals surface area (Å²) in [6.07, 6.45) is 2.33. The van der Waals surface area contributed by atoms with Crippen molar-refractivity contribution in [1.29, 1.82) is 0 Å². The summed E-state index contributed by atoms with van der Waals surface area (Å²) in [5.74, 6) is 0.174. The largest absolute Gasteiger partial charge is 0.483 e. The van der Waals surface area contributed by atoms with Gasteiger partial charge in [0.15, 0.2) is 6.61 Å². The van der Waals surface area contributed by atoms with Crippen LogP contribution in [-0.4, -0.2) is 35.9 Å². The number of unbranched alkanes of at least 4 members (excludes halogenated alkanes) is 1. The van der Waals surface area contributed by atoms with Crippen LogP contribution in [0.25, 0.3) is 10.8 Å². The van der Waals surface area contributed by atoms with Gasteiger partial charge in [-0.25, -0.2) is 0 Å². The lowest BCUT2D eigenvalue weighted by atomic mass is 10.1. The highest BCUT2D eigenvalue weighted by atomic mass is 35.5. The van der Waals surface area contributed by atoms with Crippen molar-refractivity contribution in [3.63, 3.8) is 0 Å². The zero-order chi connectivity index (χ0) is 24.5. The van der Waals surface area contributed by atoms with Crippen LogP contribution in [0.15, 0.2) is 60.7 Å². The monoisotopic (exact) mass is 500 g/mol.